The Bertz CT molecular complexity index is 736. The van der Waals surface area contributed by atoms with Gasteiger partial charge >= 0.3 is 0 Å². The smallest absolute Gasteiger partial charge is 0.219 e. The number of benzene rings is 2. The molecule has 156 valence electrons. The predicted molar refractivity (Wildman–Crippen MR) is 121 cm³/mol. The molecule has 4 heteroatoms. The van der Waals surface area contributed by atoms with Crippen LogP contribution in [0.1, 0.15) is 37.8 Å². The summed E-state index contributed by atoms with van der Waals surface area (Å²) in [4.78, 5) is 18.5. The summed E-state index contributed by atoms with van der Waals surface area (Å²) in [7, 11) is 0. The lowest BCUT2D eigenvalue weighted by atomic mass is 10.1. The van der Waals surface area contributed by atoms with Crippen LogP contribution in [-0.2, 0) is 17.8 Å². The third kappa shape index (κ3) is 6.60. The normalized spacial score (nSPS) is 14.8. The first-order valence-electron chi connectivity index (χ1n) is 11.0. The van der Waals surface area contributed by atoms with Gasteiger partial charge < -0.3 is 9.80 Å². The highest BCUT2D eigenvalue weighted by molar-refractivity contribution is 5.73. The van der Waals surface area contributed by atoms with Crippen LogP contribution in [0.15, 0.2) is 54.6 Å². The average molecular weight is 394 g/mol. The van der Waals surface area contributed by atoms with Crippen LogP contribution in [0.4, 0.5) is 5.69 Å². The van der Waals surface area contributed by atoms with Gasteiger partial charge in [0.2, 0.25) is 5.91 Å². The van der Waals surface area contributed by atoms with E-state index in [1.54, 1.807) is 6.92 Å². The first kappa shape index (κ1) is 21.4. The second-order valence-corrected chi connectivity index (χ2v) is 7.97. The highest BCUT2D eigenvalue weighted by Crippen LogP contribution is 2.16. The second-order valence-electron chi connectivity index (χ2n) is 7.97. The number of piperazine rings is 1. The van der Waals surface area contributed by atoms with Gasteiger partial charge in [-0.25, -0.2) is 0 Å². The van der Waals surface area contributed by atoms with Crippen LogP contribution in [0.2, 0.25) is 0 Å². The molecule has 1 heterocycles. The molecule has 0 bridgehead atoms. The summed E-state index contributed by atoms with van der Waals surface area (Å²) >= 11 is 0. The van der Waals surface area contributed by atoms with E-state index >= 15 is 0 Å². The van der Waals surface area contributed by atoms with Gasteiger partial charge in [-0.3, -0.25) is 9.69 Å². The summed E-state index contributed by atoms with van der Waals surface area (Å²) in [6, 6.07) is 19.5. The highest BCUT2D eigenvalue weighted by atomic mass is 16.2. The van der Waals surface area contributed by atoms with Gasteiger partial charge in [0.1, 0.15) is 0 Å². The molecular weight excluding hydrogens is 358 g/mol. The van der Waals surface area contributed by atoms with Crippen molar-refractivity contribution in [2.45, 2.75) is 39.7 Å². The number of anilines is 1. The number of unbranched alkanes of at least 4 members (excludes halogenated alkanes) is 1. The van der Waals surface area contributed by atoms with Gasteiger partial charge in [0, 0.05) is 51.9 Å². The topological polar surface area (TPSA) is 26.8 Å². The van der Waals surface area contributed by atoms with Crippen LogP contribution >= 0.6 is 0 Å². The lowest BCUT2D eigenvalue weighted by molar-refractivity contribution is -0.129. The zero-order valence-electron chi connectivity index (χ0n) is 18.0. The number of para-hydroxylation sites is 1. The van der Waals surface area contributed by atoms with Gasteiger partial charge in [-0.2, -0.15) is 0 Å². The van der Waals surface area contributed by atoms with E-state index in [2.05, 4.69) is 64.4 Å². The molecule has 0 unspecified atom stereocenters. The number of hydrogen-bond donors (Lipinski definition) is 0. The molecule has 0 spiro atoms. The van der Waals surface area contributed by atoms with Crippen molar-refractivity contribution in [2.75, 3.05) is 44.2 Å². The molecule has 0 aromatic heterocycles. The summed E-state index contributed by atoms with van der Waals surface area (Å²) in [6.07, 6.45) is 3.61. The highest BCUT2D eigenvalue weighted by Gasteiger charge is 2.16. The zero-order valence-corrected chi connectivity index (χ0v) is 18.0. The van der Waals surface area contributed by atoms with Gasteiger partial charge in [-0.15, -0.1) is 0 Å². The molecule has 0 saturated carbocycles. The lowest BCUT2D eigenvalue weighted by Crippen LogP contribution is -2.46. The number of carbonyl (C=O) groups excluding carboxylic acids is 1. The van der Waals surface area contributed by atoms with Crippen molar-refractivity contribution in [1.29, 1.82) is 0 Å². The van der Waals surface area contributed by atoms with Crippen molar-refractivity contribution in [3.8, 4) is 0 Å². The van der Waals surface area contributed by atoms with Crippen molar-refractivity contribution in [1.82, 2.24) is 9.80 Å². The van der Waals surface area contributed by atoms with Crippen molar-refractivity contribution in [3.05, 3.63) is 65.7 Å². The Hall–Kier alpha value is -2.33. The first-order valence-corrected chi connectivity index (χ1v) is 11.0. The van der Waals surface area contributed by atoms with Gasteiger partial charge in [0.15, 0.2) is 0 Å². The minimum absolute atomic E-state index is 0.140. The Morgan fingerprint density at radius 3 is 2.17 bits per heavy atom. The summed E-state index contributed by atoms with van der Waals surface area (Å²) in [5.74, 6) is 0.140. The molecule has 0 N–H and O–H groups in total. The Labute approximate surface area is 176 Å². The van der Waals surface area contributed by atoms with E-state index in [-0.39, 0.29) is 5.91 Å². The molecule has 2 aromatic rings. The number of nitrogens with zero attached hydrogens (tertiary/aromatic N) is 3. The first-order chi connectivity index (χ1) is 14.2. The number of aryl methyl sites for hydroxylation is 1. The van der Waals surface area contributed by atoms with Crippen molar-refractivity contribution in [3.63, 3.8) is 0 Å². The molecule has 0 aliphatic carbocycles. The van der Waals surface area contributed by atoms with Crippen LogP contribution in [0.5, 0.6) is 0 Å². The minimum Gasteiger partial charge on any atom is -0.369 e. The molecule has 1 saturated heterocycles. The largest absolute Gasteiger partial charge is 0.369 e. The number of hydrogen-bond acceptors (Lipinski definition) is 3. The third-order valence-electron chi connectivity index (χ3n) is 5.91. The van der Waals surface area contributed by atoms with E-state index in [0.717, 1.165) is 39.1 Å². The molecule has 1 aliphatic rings. The van der Waals surface area contributed by atoms with E-state index in [1.165, 1.54) is 36.2 Å². The van der Waals surface area contributed by atoms with Crippen LogP contribution in [-0.4, -0.2) is 55.0 Å². The monoisotopic (exact) mass is 393 g/mol. The van der Waals surface area contributed by atoms with E-state index < -0.39 is 0 Å². The molecule has 0 radical (unpaired) electrons. The fourth-order valence-electron chi connectivity index (χ4n) is 4.01. The van der Waals surface area contributed by atoms with Crippen LogP contribution in [0, 0.1) is 0 Å². The fourth-order valence-corrected chi connectivity index (χ4v) is 4.01. The molecule has 0 atom stereocenters. The SMILES string of the molecule is CCN(Cc1ccc(CCCCN2CCN(c3ccccc3)CC2)cc1)C(C)=O. The van der Waals surface area contributed by atoms with E-state index in [0.29, 0.717) is 6.54 Å². The van der Waals surface area contributed by atoms with E-state index in [4.69, 9.17) is 0 Å². The van der Waals surface area contributed by atoms with Gasteiger partial charge in [0.25, 0.3) is 0 Å². The maximum Gasteiger partial charge on any atom is 0.219 e. The molecule has 4 nitrogen and oxygen atoms in total. The Morgan fingerprint density at radius 1 is 0.897 bits per heavy atom. The molecule has 29 heavy (non-hydrogen) atoms. The molecular formula is C25H35N3O. The Morgan fingerprint density at radius 2 is 1.55 bits per heavy atom. The molecule has 2 aromatic carbocycles. The fraction of sp³-hybridized carbons (Fsp3) is 0.480. The molecule has 1 fully saturated rings. The van der Waals surface area contributed by atoms with Crippen LogP contribution in [0.25, 0.3) is 0 Å². The third-order valence-corrected chi connectivity index (χ3v) is 5.91. The molecule has 1 aliphatic heterocycles. The Kier molecular flexibility index (Phi) is 8.12. The number of amides is 1. The second kappa shape index (κ2) is 11.0. The Balaban J connectivity index is 1.33. The standard InChI is InChI=1S/C25H35N3O/c1-3-27(22(2)29)21-24-14-12-23(13-15-24)9-7-8-16-26-17-19-28(20-18-26)25-10-5-4-6-11-25/h4-6,10-15H,3,7-9,16-21H2,1-2H3. The number of rotatable bonds is 9. The van der Waals surface area contributed by atoms with E-state index in [9.17, 15) is 4.79 Å². The lowest BCUT2D eigenvalue weighted by Gasteiger charge is -2.36. The van der Waals surface area contributed by atoms with Gasteiger partial charge in [-0.05, 0) is 56.0 Å². The van der Waals surface area contributed by atoms with Gasteiger partial charge in [-0.1, -0.05) is 42.5 Å². The van der Waals surface area contributed by atoms with Gasteiger partial charge in [0.05, 0.1) is 0 Å². The van der Waals surface area contributed by atoms with E-state index in [1.807, 2.05) is 11.8 Å². The average Bonchev–Trinajstić information content (AvgIpc) is 2.77. The number of carbonyl (C=O) groups is 1. The van der Waals surface area contributed by atoms with Crippen molar-refractivity contribution < 1.29 is 4.79 Å². The maximum absolute atomic E-state index is 11.6. The van der Waals surface area contributed by atoms with Crippen molar-refractivity contribution in [2.24, 2.45) is 0 Å². The zero-order chi connectivity index (χ0) is 20.5. The van der Waals surface area contributed by atoms with Crippen LogP contribution in [0.3, 0.4) is 0 Å². The summed E-state index contributed by atoms with van der Waals surface area (Å²) in [5, 5.41) is 0. The van der Waals surface area contributed by atoms with Crippen LogP contribution < -0.4 is 4.90 Å². The summed E-state index contributed by atoms with van der Waals surface area (Å²) in [6.45, 7) is 10.9. The summed E-state index contributed by atoms with van der Waals surface area (Å²) < 4.78 is 0. The maximum atomic E-state index is 11.6. The minimum atomic E-state index is 0.140. The predicted octanol–water partition coefficient (Wildman–Crippen LogP) is 4.20. The van der Waals surface area contributed by atoms with Crippen molar-refractivity contribution >= 4 is 11.6 Å². The summed E-state index contributed by atoms with van der Waals surface area (Å²) in [5.41, 5.74) is 3.96. The molecule has 3 rings (SSSR count). The molecule has 1 amide bonds. The quantitative estimate of drug-likeness (QED) is 0.598.